The standard InChI is InChI=1S/C32H45F3N2O2Si/c1-19(2)28-27(29(38)21-14-15-24(36-18-21)32(33,34)35)25(20-12-10-11-13-20)26-22(37-28)16-31(6,7)17-23(26)39-40(8,9)30(3,4)5/h12,14-15,18-19,23,29,38H,10-11,13,16-17H2,1-9H3/t23-,29?/m0/s1. The lowest BCUT2D eigenvalue weighted by atomic mass is 9.71. The Morgan fingerprint density at radius 3 is 2.30 bits per heavy atom. The second-order valence-corrected chi connectivity index (χ2v) is 19.0. The molecule has 0 spiro atoms. The number of aromatic nitrogens is 2. The third-order valence-corrected chi connectivity index (χ3v) is 13.4. The highest BCUT2D eigenvalue weighted by Gasteiger charge is 2.45. The van der Waals surface area contributed by atoms with Gasteiger partial charge in [-0.15, -0.1) is 0 Å². The molecular formula is C32H45F3N2O2Si. The largest absolute Gasteiger partial charge is 0.433 e. The van der Waals surface area contributed by atoms with E-state index in [1.54, 1.807) is 0 Å². The first-order chi connectivity index (χ1) is 18.3. The summed E-state index contributed by atoms with van der Waals surface area (Å²) in [4.78, 5) is 8.89. The molecule has 0 aromatic carbocycles. The first kappa shape index (κ1) is 30.9. The van der Waals surface area contributed by atoms with Crippen LogP contribution >= 0.6 is 0 Å². The van der Waals surface area contributed by atoms with Gasteiger partial charge in [-0.1, -0.05) is 60.6 Å². The maximum Gasteiger partial charge on any atom is 0.433 e. The maximum atomic E-state index is 13.2. The van der Waals surface area contributed by atoms with E-state index in [0.29, 0.717) is 11.1 Å². The summed E-state index contributed by atoms with van der Waals surface area (Å²) in [6.07, 6.45) is 2.04. The molecule has 0 aliphatic heterocycles. The fourth-order valence-electron chi connectivity index (χ4n) is 5.79. The summed E-state index contributed by atoms with van der Waals surface area (Å²) in [5, 5.41) is 11.9. The fraction of sp³-hybridized carbons (Fsp3) is 0.625. The van der Waals surface area contributed by atoms with Crippen LogP contribution in [0.5, 0.6) is 0 Å². The molecule has 0 bridgehead atoms. The van der Waals surface area contributed by atoms with Crippen molar-refractivity contribution >= 4 is 13.9 Å². The first-order valence-electron chi connectivity index (χ1n) is 14.5. The summed E-state index contributed by atoms with van der Waals surface area (Å²) in [5.74, 6) is 0.00269. The third kappa shape index (κ3) is 6.09. The molecule has 8 heteroatoms. The van der Waals surface area contributed by atoms with Crippen LogP contribution in [-0.2, 0) is 17.0 Å². The summed E-state index contributed by atoms with van der Waals surface area (Å²) in [6, 6.07) is 2.28. The lowest BCUT2D eigenvalue weighted by molar-refractivity contribution is -0.141. The molecule has 2 aliphatic carbocycles. The van der Waals surface area contributed by atoms with E-state index in [9.17, 15) is 18.3 Å². The van der Waals surface area contributed by atoms with Crippen LogP contribution in [-0.4, -0.2) is 23.4 Å². The fourth-order valence-corrected chi connectivity index (χ4v) is 7.06. The van der Waals surface area contributed by atoms with Crippen molar-refractivity contribution in [2.45, 2.75) is 123 Å². The Kier molecular flexibility index (Phi) is 8.24. The van der Waals surface area contributed by atoms with Crippen molar-refractivity contribution in [1.29, 1.82) is 0 Å². The second kappa shape index (κ2) is 10.7. The zero-order valence-corrected chi connectivity index (χ0v) is 26.5. The molecule has 2 atom stereocenters. The minimum absolute atomic E-state index is 0.00269. The number of fused-ring (bicyclic) bond motifs is 1. The van der Waals surface area contributed by atoms with Gasteiger partial charge in [0.25, 0.3) is 0 Å². The molecule has 220 valence electrons. The summed E-state index contributed by atoms with van der Waals surface area (Å²) in [6.45, 7) is 19.9. The van der Waals surface area contributed by atoms with Gasteiger partial charge in [0, 0.05) is 34.3 Å². The summed E-state index contributed by atoms with van der Waals surface area (Å²) < 4.78 is 46.9. The molecular weight excluding hydrogens is 529 g/mol. The number of nitrogens with zero attached hydrogens (tertiary/aromatic N) is 2. The molecule has 2 aromatic heterocycles. The number of hydrogen-bond acceptors (Lipinski definition) is 4. The van der Waals surface area contributed by atoms with Gasteiger partial charge in [0.1, 0.15) is 11.8 Å². The molecule has 2 aromatic rings. The van der Waals surface area contributed by atoms with Crippen LogP contribution in [0.1, 0.15) is 132 Å². The van der Waals surface area contributed by atoms with E-state index in [0.717, 1.165) is 66.9 Å². The number of hydrogen-bond donors (Lipinski definition) is 1. The molecule has 2 aliphatic rings. The van der Waals surface area contributed by atoms with Crippen LogP contribution in [0.25, 0.3) is 5.57 Å². The van der Waals surface area contributed by atoms with Crippen LogP contribution in [0, 0.1) is 5.41 Å². The highest BCUT2D eigenvalue weighted by atomic mass is 28.4. The number of alkyl halides is 3. The third-order valence-electron chi connectivity index (χ3n) is 8.90. The Labute approximate surface area is 238 Å². The summed E-state index contributed by atoms with van der Waals surface area (Å²) >= 11 is 0. The molecule has 0 saturated carbocycles. The molecule has 2 heterocycles. The zero-order valence-electron chi connectivity index (χ0n) is 25.5. The van der Waals surface area contributed by atoms with Gasteiger partial charge < -0.3 is 9.53 Å². The van der Waals surface area contributed by atoms with Crippen molar-refractivity contribution < 1.29 is 22.7 Å². The van der Waals surface area contributed by atoms with Gasteiger partial charge in [0.05, 0.1) is 6.10 Å². The number of rotatable bonds is 6. The van der Waals surface area contributed by atoms with Crippen LogP contribution < -0.4 is 0 Å². The van der Waals surface area contributed by atoms with Crippen molar-refractivity contribution in [3.63, 3.8) is 0 Å². The molecule has 40 heavy (non-hydrogen) atoms. The second-order valence-electron chi connectivity index (χ2n) is 14.2. The van der Waals surface area contributed by atoms with Crippen LogP contribution in [0.4, 0.5) is 13.2 Å². The van der Waals surface area contributed by atoms with E-state index in [4.69, 9.17) is 9.41 Å². The highest BCUT2D eigenvalue weighted by molar-refractivity contribution is 6.74. The molecule has 0 radical (unpaired) electrons. The van der Waals surface area contributed by atoms with Crippen molar-refractivity contribution in [3.05, 3.63) is 63.7 Å². The van der Waals surface area contributed by atoms with Crippen molar-refractivity contribution in [2.75, 3.05) is 0 Å². The normalized spacial score (nSPS) is 20.4. The van der Waals surface area contributed by atoms with Crippen LogP contribution in [0.2, 0.25) is 18.1 Å². The predicted molar refractivity (Wildman–Crippen MR) is 157 cm³/mol. The number of allylic oxidation sites excluding steroid dienone is 2. The first-order valence-corrected chi connectivity index (χ1v) is 17.4. The van der Waals surface area contributed by atoms with E-state index >= 15 is 0 Å². The van der Waals surface area contributed by atoms with E-state index in [-0.39, 0.29) is 22.5 Å². The summed E-state index contributed by atoms with van der Waals surface area (Å²) in [7, 11) is -2.18. The van der Waals surface area contributed by atoms with Gasteiger partial charge in [-0.25, -0.2) is 0 Å². The molecule has 4 rings (SSSR count). The highest BCUT2D eigenvalue weighted by Crippen LogP contribution is 2.52. The SMILES string of the molecule is CC(C)c1nc2c(c(C3=CCCC3)c1C(O)c1ccc(C(F)(F)F)nc1)[C@@H](O[Si](C)(C)C(C)(C)C)CC(C)(C)C2. The molecule has 0 saturated heterocycles. The van der Waals surface area contributed by atoms with Crippen LogP contribution in [0.15, 0.2) is 24.4 Å². The smallest absolute Gasteiger partial charge is 0.410 e. The van der Waals surface area contributed by atoms with Gasteiger partial charge >= 0.3 is 6.18 Å². The Balaban J connectivity index is 1.99. The van der Waals surface area contributed by atoms with Gasteiger partial charge in [0.2, 0.25) is 0 Å². The van der Waals surface area contributed by atoms with Crippen molar-refractivity contribution in [2.24, 2.45) is 5.41 Å². The average molecular weight is 575 g/mol. The monoisotopic (exact) mass is 574 g/mol. The summed E-state index contributed by atoms with van der Waals surface area (Å²) in [5.41, 5.74) is 5.08. The Morgan fingerprint density at radius 2 is 1.80 bits per heavy atom. The number of halogens is 3. The van der Waals surface area contributed by atoms with E-state index < -0.39 is 26.3 Å². The topological polar surface area (TPSA) is 55.2 Å². The van der Waals surface area contributed by atoms with Crippen molar-refractivity contribution in [3.8, 4) is 0 Å². The number of aliphatic hydroxyl groups excluding tert-OH is 1. The van der Waals surface area contributed by atoms with E-state index in [1.807, 2.05) is 0 Å². The zero-order chi connectivity index (χ0) is 29.8. The van der Waals surface area contributed by atoms with E-state index in [2.05, 4.69) is 72.6 Å². The Bertz CT molecular complexity index is 1280. The predicted octanol–water partition coefficient (Wildman–Crippen LogP) is 9.30. The number of pyridine rings is 2. The van der Waals surface area contributed by atoms with Gasteiger partial charge in [-0.3, -0.25) is 9.97 Å². The lowest BCUT2D eigenvalue weighted by Crippen LogP contribution is -2.44. The average Bonchev–Trinajstić information content (AvgIpc) is 3.35. The lowest BCUT2D eigenvalue weighted by Gasteiger charge is -2.45. The van der Waals surface area contributed by atoms with Gasteiger partial charge in [-0.05, 0) is 78.8 Å². The quantitative estimate of drug-likeness (QED) is 0.349. The van der Waals surface area contributed by atoms with Crippen LogP contribution in [0.3, 0.4) is 0 Å². The van der Waals surface area contributed by atoms with Gasteiger partial charge in [0.15, 0.2) is 8.32 Å². The Hall–Kier alpha value is -2.03. The molecule has 0 amide bonds. The van der Waals surface area contributed by atoms with Gasteiger partial charge in [-0.2, -0.15) is 13.2 Å². The minimum atomic E-state index is -4.54. The van der Waals surface area contributed by atoms with E-state index in [1.165, 1.54) is 11.6 Å². The molecule has 0 fully saturated rings. The molecule has 1 unspecified atom stereocenters. The van der Waals surface area contributed by atoms with Crippen molar-refractivity contribution in [1.82, 2.24) is 9.97 Å². The number of aliphatic hydroxyl groups is 1. The molecule has 1 N–H and O–H groups in total. The maximum absolute atomic E-state index is 13.2. The minimum Gasteiger partial charge on any atom is -0.410 e. The molecule has 4 nitrogen and oxygen atoms in total. The Morgan fingerprint density at radius 1 is 1.12 bits per heavy atom.